The standard InChI is InChI=1S/C12H13BrN2O4S2/c13-10-1-2-12(9(7-10)8-14)15-21(18,19)11-3-5-20(16,17)6-4-11/h1-2,7,11,15H,3-6H2. The summed E-state index contributed by atoms with van der Waals surface area (Å²) in [5.41, 5.74) is 0.408. The number of hydrogen-bond donors (Lipinski definition) is 1. The van der Waals surface area contributed by atoms with Gasteiger partial charge < -0.3 is 0 Å². The molecule has 1 N–H and O–H groups in total. The summed E-state index contributed by atoms with van der Waals surface area (Å²) in [6, 6.07) is 6.57. The van der Waals surface area contributed by atoms with Crippen molar-refractivity contribution in [2.45, 2.75) is 18.1 Å². The molecule has 1 saturated heterocycles. The molecular weight excluding hydrogens is 380 g/mol. The van der Waals surface area contributed by atoms with Crippen LogP contribution in [0.2, 0.25) is 0 Å². The van der Waals surface area contributed by atoms with E-state index in [1.165, 1.54) is 12.1 Å². The van der Waals surface area contributed by atoms with Gasteiger partial charge >= 0.3 is 0 Å². The summed E-state index contributed by atoms with van der Waals surface area (Å²) in [6.07, 6.45) is 0.159. The van der Waals surface area contributed by atoms with E-state index in [1.807, 2.05) is 6.07 Å². The molecule has 1 aromatic rings. The van der Waals surface area contributed by atoms with Crippen LogP contribution in [0.3, 0.4) is 0 Å². The van der Waals surface area contributed by atoms with Gasteiger partial charge in [0.25, 0.3) is 0 Å². The third-order valence-electron chi connectivity index (χ3n) is 3.29. The van der Waals surface area contributed by atoms with Crippen LogP contribution < -0.4 is 4.72 Å². The van der Waals surface area contributed by atoms with E-state index < -0.39 is 25.1 Å². The van der Waals surface area contributed by atoms with Crippen molar-refractivity contribution in [2.24, 2.45) is 0 Å². The fraction of sp³-hybridized carbons (Fsp3) is 0.417. The maximum atomic E-state index is 12.3. The van der Waals surface area contributed by atoms with Crippen LogP contribution in [-0.2, 0) is 19.9 Å². The van der Waals surface area contributed by atoms with Gasteiger partial charge in [-0.2, -0.15) is 5.26 Å². The van der Waals surface area contributed by atoms with Gasteiger partial charge in [0.1, 0.15) is 15.9 Å². The minimum atomic E-state index is -3.71. The summed E-state index contributed by atoms with van der Waals surface area (Å²) in [5, 5.41) is 8.28. The molecule has 1 aromatic carbocycles. The van der Waals surface area contributed by atoms with Gasteiger partial charge in [-0.25, -0.2) is 16.8 Å². The molecule has 21 heavy (non-hydrogen) atoms. The van der Waals surface area contributed by atoms with Crippen molar-refractivity contribution >= 4 is 41.5 Å². The Hall–Kier alpha value is -1.11. The van der Waals surface area contributed by atoms with E-state index in [2.05, 4.69) is 20.7 Å². The van der Waals surface area contributed by atoms with Crippen LogP contribution in [0.1, 0.15) is 18.4 Å². The summed E-state index contributed by atoms with van der Waals surface area (Å²) in [7, 11) is -6.83. The Morgan fingerprint density at radius 3 is 2.48 bits per heavy atom. The topological polar surface area (TPSA) is 104 Å². The Labute approximate surface area is 132 Å². The Morgan fingerprint density at radius 1 is 1.29 bits per heavy atom. The first-order chi connectivity index (χ1) is 9.73. The van der Waals surface area contributed by atoms with E-state index in [1.54, 1.807) is 6.07 Å². The molecule has 0 amide bonds. The lowest BCUT2D eigenvalue weighted by molar-refractivity contribution is 0.555. The third-order valence-corrected chi connectivity index (χ3v) is 7.36. The number of hydrogen-bond acceptors (Lipinski definition) is 5. The zero-order chi connectivity index (χ0) is 15.7. The number of halogens is 1. The van der Waals surface area contributed by atoms with Crippen LogP contribution in [-0.4, -0.2) is 33.6 Å². The van der Waals surface area contributed by atoms with Crippen molar-refractivity contribution in [1.82, 2.24) is 0 Å². The summed E-state index contributed by atoms with van der Waals surface area (Å²) < 4.78 is 50.4. The predicted octanol–water partition coefficient (Wildman–Crippen LogP) is 1.64. The van der Waals surface area contributed by atoms with E-state index >= 15 is 0 Å². The lowest BCUT2D eigenvalue weighted by Gasteiger charge is -2.23. The zero-order valence-electron chi connectivity index (χ0n) is 10.9. The highest BCUT2D eigenvalue weighted by atomic mass is 79.9. The number of anilines is 1. The minimum Gasteiger partial charge on any atom is -0.282 e. The highest BCUT2D eigenvalue weighted by Crippen LogP contribution is 2.25. The van der Waals surface area contributed by atoms with Crippen molar-refractivity contribution in [1.29, 1.82) is 5.26 Å². The van der Waals surface area contributed by atoms with Crippen molar-refractivity contribution in [3.63, 3.8) is 0 Å². The lowest BCUT2D eigenvalue weighted by atomic mass is 10.2. The largest absolute Gasteiger partial charge is 0.282 e. The van der Waals surface area contributed by atoms with Gasteiger partial charge in [-0.3, -0.25) is 4.72 Å². The van der Waals surface area contributed by atoms with E-state index in [4.69, 9.17) is 5.26 Å². The normalized spacial score (nSPS) is 18.9. The number of benzene rings is 1. The molecule has 1 aliphatic rings. The van der Waals surface area contributed by atoms with Crippen LogP contribution in [0.5, 0.6) is 0 Å². The number of sulfone groups is 1. The average molecular weight is 393 g/mol. The summed E-state index contributed by atoms with van der Waals surface area (Å²) >= 11 is 3.21. The summed E-state index contributed by atoms with van der Waals surface area (Å²) in [6.45, 7) is 0. The molecule has 0 atom stereocenters. The lowest BCUT2D eigenvalue weighted by Crippen LogP contribution is -2.36. The van der Waals surface area contributed by atoms with Crippen LogP contribution >= 0.6 is 15.9 Å². The fourth-order valence-corrected chi connectivity index (χ4v) is 5.77. The van der Waals surface area contributed by atoms with Crippen LogP contribution in [0.4, 0.5) is 5.69 Å². The predicted molar refractivity (Wildman–Crippen MR) is 83.1 cm³/mol. The molecule has 2 rings (SSSR count). The number of rotatable bonds is 3. The Bertz CT molecular complexity index is 783. The van der Waals surface area contributed by atoms with Crippen molar-refractivity contribution in [3.8, 4) is 6.07 Å². The first-order valence-corrected chi connectivity index (χ1v) is 10.3. The molecule has 1 heterocycles. The van der Waals surface area contributed by atoms with Gasteiger partial charge in [0, 0.05) is 4.47 Å². The molecule has 0 unspecified atom stereocenters. The second kappa shape index (κ2) is 5.94. The molecule has 0 aromatic heterocycles. The van der Waals surface area contributed by atoms with E-state index in [-0.39, 0.29) is 35.6 Å². The highest BCUT2D eigenvalue weighted by Gasteiger charge is 2.33. The Kier molecular flexibility index (Phi) is 4.60. The second-order valence-corrected chi connectivity index (χ2v) is 9.98. The van der Waals surface area contributed by atoms with Crippen molar-refractivity contribution in [3.05, 3.63) is 28.2 Å². The van der Waals surface area contributed by atoms with Crippen LogP contribution in [0.25, 0.3) is 0 Å². The Balaban J connectivity index is 2.21. The SMILES string of the molecule is N#Cc1cc(Br)ccc1NS(=O)(=O)C1CCS(=O)(=O)CC1. The van der Waals surface area contributed by atoms with Gasteiger partial charge in [0.05, 0.1) is 28.0 Å². The molecule has 0 bridgehead atoms. The van der Waals surface area contributed by atoms with Gasteiger partial charge in [-0.15, -0.1) is 0 Å². The number of nitrogens with zero attached hydrogens (tertiary/aromatic N) is 1. The third kappa shape index (κ3) is 3.96. The fourth-order valence-electron chi connectivity index (χ4n) is 2.11. The van der Waals surface area contributed by atoms with Gasteiger partial charge in [0.15, 0.2) is 0 Å². The maximum absolute atomic E-state index is 12.3. The van der Waals surface area contributed by atoms with E-state index in [0.29, 0.717) is 4.47 Å². The average Bonchev–Trinajstić information content (AvgIpc) is 2.40. The Morgan fingerprint density at radius 2 is 1.90 bits per heavy atom. The van der Waals surface area contributed by atoms with Gasteiger partial charge in [0.2, 0.25) is 10.0 Å². The monoisotopic (exact) mass is 392 g/mol. The molecular formula is C12H13BrN2O4S2. The van der Waals surface area contributed by atoms with E-state index in [0.717, 1.165) is 0 Å². The first-order valence-electron chi connectivity index (χ1n) is 6.15. The van der Waals surface area contributed by atoms with Gasteiger partial charge in [-0.1, -0.05) is 15.9 Å². The van der Waals surface area contributed by atoms with Crippen LogP contribution in [0.15, 0.2) is 22.7 Å². The van der Waals surface area contributed by atoms with Gasteiger partial charge in [-0.05, 0) is 31.0 Å². The molecule has 114 valence electrons. The molecule has 0 aliphatic carbocycles. The van der Waals surface area contributed by atoms with Crippen LogP contribution in [0, 0.1) is 11.3 Å². The second-order valence-electron chi connectivity index (χ2n) is 4.80. The number of nitrogens with one attached hydrogen (secondary N) is 1. The van der Waals surface area contributed by atoms with E-state index in [9.17, 15) is 16.8 Å². The first kappa shape index (κ1) is 16.3. The summed E-state index contributed by atoms with van der Waals surface area (Å²) in [5.74, 6) is -0.242. The number of sulfonamides is 1. The molecule has 0 saturated carbocycles. The molecule has 1 fully saturated rings. The zero-order valence-corrected chi connectivity index (χ0v) is 14.1. The molecule has 1 aliphatic heterocycles. The van der Waals surface area contributed by atoms with Crippen molar-refractivity contribution < 1.29 is 16.8 Å². The molecule has 0 radical (unpaired) electrons. The minimum absolute atomic E-state index is 0.0794. The maximum Gasteiger partial charge on any atom is 0.235 e. The van der Waals surface area contributed by atoms with Crippen molar-refractivity contribution in [2.75, 3.05) is 16.2 Å². The molecule has 9 heteroatoms. The summed E-state index contributed by atoms with van der Waals surface area (Å²) in [4.78, 5) is 0. The number of nitriles is 1. The quantitative estimate of drug-likeness (QED) is 0.841. The smallest absolute Gasteiger partial charge is 0.235 e. The molecule has 6 nitrogen and oxygen atoms in total. The highest BCUT2D eigenvalue weighted by molar-refractivity contribution is 9.10. The molecule has 0 spiro atoms.